The van der Waals surface area contributed by atoms with Crippen LogP contribution in [0.15, 0.2) is 36.7 Å². The van der Waals surface area contributed by atoms with Crippen molar-refractivity contribution >= 4 is 17.6 Å². The highest BCUT2D eigenvalue weighted by molar-refractivity contribution is 6.33. The van der Waals surface area contributed by atoms with Gasteiger partial charge in [-0.15, -0.1) is 0 Å². The first-order valence-corrected chi connectivity index (χ1v) is 6.12. The van der Waals surface area contributed by atoms with Crippen LogP contribution in [0.3, 0.4) is 0 Å². The third-order valence-corrected chi connectivity index (χ3v) is 2.93. The van der Waals surface area contributed by atoms with E-state index in [4.69, 9.17) is 5.11 Å². The third kappa shape index (κ3) is 2.16. The summed E-state index contributed by atoms with van der Waals surface area (Å²) in [7, 11) is 0. The van der Waals surface area contributed by atoms with Gasteiger partial charge in [0.15, 0.2) is 0 Å². The molecule has 3 heterocycles. The van der Waals surface area contributed by atoms with E-state index >= 15 is 0 Å². The zero-order chi connectivity index (χ0) is 14.8. The summed E-state index contributed by atoms with van der Waals surface area (Å²) in [5.41, 5.74) is 0.936. The molecule has 21 heavy (non-hydrogen) atoms. The maximum absolute atomic E-state index is 12.3. The summed E-state index contributed by atoms with van der Waals surface area (Å²) in [6, 6.07) is 6.30. The van der Waals surface area contributed by atoms with Gasteiger partial charge in [-0.3, -0.25) is 14.6 Å². The van der Waals surface area contributed by atoms with Crippen LogP contribution < -0.4 is 4.90 Å². The van der Waals surface area contributed by atoms with Crippen LogP contribution in [0.25, 0.3) is 0 Å². The molecule has 0 saturated carbocycles. The molecule has 0 spiro atoms. The minimum atomic E-state index is -0.504. The molecule has 2 amide bonds. The summed E-state index contributed by atoms with van der Waals surface area (Å²) in [5, 5.41) is 8.69. The predicted octanol–water partition coefficient (Wildman–Crippen LogP) is 0.621. The molecule has 0 unspecified atom stereocenters. The first-order valence-electron chi connectivity index (χ1n) is 6.12. The van der Waals surface area contributed by atoms with Crippen LogP contribution in [0, 0.1) is 11.8 Å². The van der Waals surface area contributed by atoms with Crippen molar-refractivity contribution in [2.45, 2.75) is 0 Å². The van der Waals surface area contributed by atoms with Crippen LogP contribution in [-0.2, 0) is 0 Å². The molecule has 1 aliphatic heterocycles. The zero-order valence-electron chi connectivity index (χ0n) is 10.8. The Bertz CT molecular complexity index is 770. The number of anilines is 1. The average Bonchev–Trinajstić information content (AvgIpc) is 2.78. The third-order valence-electron chi connectivity index (χ3n) is 2.93. The summed E-state index contributed by atoms with van der Waals surface area (Å²) < 4.78 is 0. The molecule has 6 nitrogen and oxygen atoms in total. The Morgan fingerprint density at radius 2 is 2.00 bits per heavy atom. The lowest BCUT2D eigenvalue weighted by molar-refractivity contribution is 0.0923. The number of imide groups is 1. The van der Waals surface area contributed by atoms with E-state index in [-0.39, 0.29) is 23.7 Å². The van der Waals surface area contributed by atoms with Crippen molar-refractivity contribution in [2.75, 3.05) is 11.5 Å². The molecule has 0 bridgehead atoms. The van der Waals surface area contributed by atoms with Gasteiger partial charge in [0.1, 0.15) is 18.1 Å². The number of hydrogen-bond acceptors (Lipinski definition) is 5. The zero-order valence-corrected chi connectivity index (χ0v) is 10.8. The topological polar surface area (TPSA) is 83.4 Å². The molecule has 102 valence electrons. The monoisotopic (exact) mass is 279 g/mol. The summed E-state index contributed by atoms with van der Waals surface area (Å²) in [6.45, 7) is -0.269. The number of fused-ring (bicyclic) bond motifs is 1. The summed E-state index contributed by atoms with van der Waals surface area (Å²) in [5.74, 6) is 4.43. The van der Waals surface area contributed by atoms with Crippen LogP contribution >= 0.6 is 0 Å². The molecule has 0 aromatic carbocycles. The minimum absolute atomic E-state index is 0.121. The van der Waals surface area contributed by atoms with E-state index in [2.05, 4.69) is 21.8 Å². The number of rotatable bonds is 1. The van der Waals surface area contributed by atoms with Gasteiger partial charge in [0.2, 0.25) is 0 Å². The Balaban J connectivity index is 2.03. The van der Waals surface area contributed by atoms with E-state index in [0.717, 1.165) is 4.90 Å². The van der Waals surface area contributed by atoms with Crippen molar-refractivity contribution in [1.29, 1.82) is 0 Å². The lowest BCUT2D eigenvalue weighted by atomic mass is 10.2. The predicted molar refractivity (Wildman–Crippen MR) is 73.6 cm³/mol. The van der Waals surface area contributed by atoms with Gasteiger partial charge in [0.05, 0.1) is 5.56 Å². The lowest BCUT2D eigenvalue weighted by Gasteiger charge is -2.12. The number of aliphatic hydroxyl groups is 1. The normalized spacial score (nSPS) is 12.9. The molecule has 2 aromatic rings. The first-order chi connectivity index (χ1) is 10.2. The lowest BCUT2D eigenvalue weighted by Crippen LogP contribution is -2.30. The number of amides is 2. The van der Waals surface area contributed by atoms with Crippen molar-refractivity contribution in [1.82, 2.24) is 9.97 Å². The number of aromatic nitrogens is 2. The van der Waals surface area contributed by atoms with E-state index in [1.54, 1.807) is 18.2 Å². The van der Waals surface area contributed by atoms with Gasteiger partial charge in [-0.05, 0) is 24.3 Å². The molecule has 0 fully saturated rings. The van der Waals surface area contributed by atoms with Gasteiger partial charge in [-0.1, -0.05) is 11.8 Å². The van der Waals surface area contributed by atoms with Gasteiger partial charge in [0, 0.05) is 18.0 Å². The molecule has 0 saturated heterocycles. The van der Waals surface area contributed by atoms with E-state index < -0.39 is 11.8 Å². The number of carbonyl (C=O) groups excluding carboxylic acids is 2. The number of hydrogen-bond donors (Lipinski definition) is 1. The fraction of sp³-hybridized carbons (Fsp3) is 0.0667. The fourth-order valence-electron chi connectivity index (χ4n) is 2.03. The van der Waals surface area contributed by atoms with Gasteiger partial charge in [-0.2, -0.15) is 0 Å². The van der Waals surface area contributed by atoms with Crippen LogP contribution in [0.1, 0.15) is 26.4 Å². The van der Waals surface area contributed by atoms with Crippen molar-refractivity contribution < 1.29 is 14.7 Å². The Kier molecular flexibility index (Phi) is 3.18. The standard InChI is InChI=1S/C15H9N3O3/c19-8-2-3-10-5-7-16-12(9-10)18-14(20)11-4-1-6-17-13(11)15(18)21/h1,4-7,9,19H,8H2. The molecular weight excluding hydrogens is 270 g/mol. The second-order valence-corrected chi connectivity index (χ2v) is 4.21. The van der Waals surface area contributed by atoms with Gasteiger partial charge < -0.3 is 5.11 Å². The highest BCUT2D eigenvalue weighted by Crippen LogP contribution is 2.25. The summed E-state index contributed by atoms with van der Waals surface area (Å²) >= 11 is 0. The van der Waals surface area contributed by atoms with Gasteiger partial charge in [0.25, 0.3) is 11.8 Å². The molecule has 0 atom stereocenters. The molecular formula is C15H9N3O3. The second-order valence-electron chi connectivity index (χ2n) is 4.21. The van der Waals surface area contributed by atoms with E-state index in [0.29, 0.717) is 5.56 Å². The molecule has 1 N–H and O–H groups in total. The quantitative estimate of drug-likeness (QED) is 0.611. The van der Waals surface area contributed by atoms with Crippen LogP contribution in [0.4, 0.5) is 5.82 Å². The van der Waals surface area contributed by atoms with Crippen molar-refractivity contribution in [3.63, 3.8) is 0 Å². The smallest absolute Gasteiger partial charge is 0.285 e. The van der Waals surface area contributed by atoms with E-state index in [1.165, 1.54) is 18.5 Å². The molecule has 1 aliphatic rings. The number of aliphatic hydroxyl groups excluding tert-OH is 1. The molecule has 0 radical (unpaired) electrons. The molecule has 0 aliphatic carbocycles. The highest BCUT2D eigenvalue weighted by atomic mass is 16.2. The Hall–Kier alpha value is -3.04. The van der Waals surface area contributed by atoms with E-state index in [1.807, 2.05) is 0 Å². The maximum atomic E-state index is 12.3. The van der Waals surface area contributed by atoms with Crippen LogP contribution in [0.5, 0.6) is 0 Å². The highest BCUT2D eigenvalue weighted by Gasteiger charge is 2.38. The Morgan fingerprint density at radius 1 is 1.14 bits per heavy atom. The largest absolute Gasteiger partial charge is 0.384 e. The second kappa shape index (κ2) is 5.15. The van der Waals surface area contributed by atoms with Gasteiger partial charge >= 0.3 is 0 Å². The maximum Gasteiger partial charge on any atom is 0.285 e. The minimum Gasteiger partial charge on any atom is -0.384 e. The van der Waals surface area contributed by atoms with Crippen molar-refractivity contribution in [2.24, 2.45) is 0 Å². The number of nitrogens with zero attached hydrogens (tertiary/aromatic N) is 3. The fourth-order valence-corrected chi connectivity index (χ4v) is 2.03. The average molecular weight is 279 g/mol. The Morgan fingerprint density at radius 3 is 2.76 bits per heavy atom. The van der Waals surface area contributed by atoms with Crippen LogP contribution in [0.2, 0.25) is 0 Å². The summed E-state index contributed by atoms with van der Waals surface area (Å²) in [6.07, 6.45) is 2.91. The molecule has 2 aromatic heterocycles. The molecule has 3 rings (SSSR count). The summed E-state index contributed by atoms with van der Waals surface area (Å²) in [4.78, 5) is 33.5. The number of carbonyl (C=O) groups is 2. The van der Waals surface area contributed by atoms with Crippen LogP contribution in [-0.4, -0.2) is 33.5 Å². The van der Waals surface area contributed by atoms with Gasteiger partial charge in [-0.25, -0.2) is 9.88 Å². The van der Waals surface area contributed by atoms with Crippen molar-refractivity contribution in [3.05, 3.63) is 53.5 Å². The molecule has 6 heteroatoms. The van der Waals surface area contributed by atoms with E-state index in [9.17, 15) is 9.59 Å². The SMILES string of the molecule is O=C1c2cccnc2C(=O)N1c1cc(C#CCO)ccn1. The van der Waals surface area contributed by atoms with Crippen molar-refractivity contribution in [3.8, 4) is 11.8 Å². The first kappa shape index (κ1) is 13.0. The Labute approximate surface area is 120 Å². The number of pyridine rings is 2.